The van der Waals surface area contributed by atoms with E-state index in [0.29, 0.717) is 0 Å². The molecular weight excluding hydrogens is 206 g/mol. The van der Waals surface area contributed by atoms with Crippen LogP contribution >= 0.6 is 0 Å². The molecule has 0 aromatic heterocycles. The lowest BCUT2D eigenvalue weighted by atomic mass is 9.49. The van der Waals surface area contributed by atoms with E-state index in [2.05, 4.69) is 4.90 Å². The van der Waals surface area contributed by atoms with E-state index in [1.807, 2.05) is 0 Å². The zero-order valence-electron chi connectivity index (χ0n) is 11.2. The van der Waals surface area contributed by atoms with Crippen molar-refractivity contribution < 1.29 is 0 Å². The van der Waals surface area contributed by atoms with Crippen LogP contribution in [0.4, 0.5) is 0 Å². The van der Waals surface area contributed by atoms with Crippen molar-refractivity contribution in [2.75, 3.05) is 19.6 Å². The van der Waals surface area contributed by atoms with Crippen LogP contribution in [0.15, 0.2) is 0 Å². The maximum Gasteiger partial charge on any atom is -0.00134 e. The number of likely N-dealkylation sites (tertiary alicyclic amines) is 1. The minimum Gasteiger partial charge on any atom is -0.303 e. The van der Waals surface area contributed by atoms with Crippen LogP contribution in [0.3, 0.4) is 0 Å². The van der Waals surface area contributed by atoms with Gasteiger partial charge in [0.25, 0.3) is 0 Å². The molecule has 0 unspecified atom stereocenters. The molecule has 5 aliphatic rings. The molecule has 0 N–H and O–H groups in total. The fourth-order valence-corrected chi connectivity index (χ4v) is 6.00. The van der Waals surface area contributed by atoms with Crippen molar-refractivity contribution >= 4 is 0 Å². The van der Waals surface area contributed by atoms with E-state index in [0.717, 1.165) is 23.2 Å². The molecule has 0 atom stereocenters. The normalized spacial score (nSPS) is 49.1. The van der Waals surface area contributed by atoms with Crippen LogP contribution in [-0.2, 0) is 0 Å². The van der Waals surface area contributed by atoms with Gasteiger partial charge in [-0.25, -0.2) is 0 Å². The summed E-state index contributed by atoms with van der Waals surface area (Å²) in [5.41, 5.74) is 0.817. The molecule has 4 bridgehead atoms. The van der Waals surface area contributed by atoms with Crippen LogP contribution in [0.1, 0.15) is 57.8 Å². The van der Waals surface area contributed by atoms with Gasteiger partial charge in [-0.15, -0.1) is 0 Å². The maximum atomic E-state index is 2.73. The molecule has 17 heavy (non-hydrogen) atoms. The molecule has 0 spiro atoms. The van der Waals surface area contributed by atoms with Gasteiger partial charge in [0.2, 0.25) is 0 Å². The van der Waals surface area contributed by atoms with Gasteiger partial charge < -0.3 is 4.90 Å². The van der Waals surface area contributed by atoms with Crippen molar-refractivity contribution in [2.45, 2.75) is 57.8 Å². The van der Waals surface area contributed by atoms with Gasteiger partial charge in [0, 0.05) is 0 Å². The number of rotatable bonds is 3. The molecule has 4 aliphatic carbocycles. The van der Waals surface area contributed by atoms with Crippen LogP contribution in [0.25, 0.3) is 0 Å². The van der Waals surface area contributed by atoms with Gasteiger partial charge >= 0.3 is 0 Å². The van der Waals surface area contributed by atoms with E-state index in [1.165, 1.54) is 38.9 Å². The highest BCUT2D eigenvalue weighted by Gasteiger charge is 2.50. The van der Waals surface area contributed by atoms with E-state index in [1.54, 1.807) is 38.5 Å². The highest BCUT2D eigenvalue weighted by atomic mass is 15.1. The standard InChI is InChI=1S/C16H27N/c1-2-5-17(4-1)6-3-16-10-13-7-14(11-16)9-15(8-13)12-16/h13-15H,1-12H2. The van der Waals surface area contributed by atoms with E-state index >= 15 is 0 Å². The Morgan fingerprint density at radius 2 is 1.35 bits per heavy atom. The van der Waals surface area contributed by atoms with Gasteiger partial charge in [0.1, 0.15) is 0 Å². The molecule has 5 fully saturated rings. The largest absolute Gasteiger partial charge is 0.303 e. The predicted molar refractivity (Wildman–Crippen MR) is 70.9 cm³/mol. The van der Waals surface area contributed by atoms with Gasteiger partial charge in [0.15, 0.2) is 0 Å². The second kappa shape index (κ2) is 3.98. The maximum absolute atomic E-state index is 2.73. The predicted octanol–water partition coefficient (Wildman–Crippen LogP) is 3.69. The molecule has 0 aromatic rings. The molecular formula is C16H27N. The van der Waals surface area contributed by atoms with Gasteiger partial charge in [-0.3, -0.25) is 0 Å². The molecule has 4 saturated carbocycles. The lowest BCUT2D eigenvalue weighted by Crippen LogP contribution is -2.47. The lowest BCUT2D eigenvalue weighted by molar-refractivity contribution is -0.0603. The van der Waals surface area contributed by atoms with Crippen LogP contribution < -0.4 is 0 Å². The van der Waals surface area contributed by atoms with Gasteiger partial charge in [-0.2, -0.15) is 0 Å². The van der Waals surface area contributed by atoms with E-state index in [-0.39, 0.29) is 0 Å². The Labute approximate surface area is 106 Å². The fourth-order valence-electron chi connectivity index (χ4n) is 6.00. The first-order valence-electron chi connectivity index (χ1n) is 8.04. The summed E-state index contributed by atoms with van der Waals surface area (Å²) in [5.74, 6) is 3.42. The quantitative estimate of drug-likeness (QED) is 0.718. The molecule has 1 aliphatic heterocycles. The Balaban J connectivity index is 1.42. The molecule has 1 heteroatoms. The minimum absolute atomic E-state index is 0.817. The molecule has 96 valence electrons. The number of nitrogens with zero attached hydrogens (tertiary/aromatic N) is 1. The first kappa shape index (κ1) is 10.8. The van der Waals surface area contributed by atoms with Crippen molar-refractivity contribution in [3.63, 3.8) is 0 Å². The third-order valence-electron chi connectivity index (χ3n) is 6.32. The van der Waals surface area contributed by atoms with E-state index < -0.39 is 0 Å². The highest BCUT2D eigenvalue weighted by Crippen LogP contribution is 2.61. The molecule has 0 radical (unpaired) electrons. The Morgan fingerprint density at radius 1 is 0.824 bits per heavy atom. The van der Waals surface area contributed by atoms with Crippen LogP contribution in [0.5, 0.6) is 0 Å². The number of hydrogen-bond donors (Lipinski definition) is 0. The topological polar surface area (TPSA) is 3.24 Å². The summed E-state index contributed by atoms with van der Waals surface area (Å²) in [5, 5.41) is 0. The third kappa shape index (κ3) is 1.95. The van der Waals surface area contributed by atoms with Crippen molar-refractivity contribution in [2.24, 2.45) is 23.2 Å². The molecule has 0 aromatic carbocycles. The van der Waals surface area contributed by atoms with Crippen molar-refractivity contribution in [1.82, 2.24) is 4.90 Å². The third-order valence-corrected chi connectivity index (χ3v) is 6.32. The van der Waals surface area contributed by atoms with Crippen molar-refractivity contribution in [1.29, 1.82) is 0 Å². The summed E-state index contributed by atoms with van der Waals surface area (Å²) in [6.45, 7) is 4.21. The molecule has 1 nitrogen and oxygen atoms in total. The number of hydrogen-bond acceptors (Lipinski definition) is 1. The van der Waals surface area contributed by atoms with Crippen molar-refractivity contribution in [3.05, 3.63) is 0 Å². The first-order chi connectivity index (χ1) is 8.31. The summed E-state index contributed by atoms with van der Waals surface area (Å²) in [6, 6.07) is 0. The summed E-state index contributed by atoms with van der Waals surface area (Å²) < 4.78 is 0. The summed E-state index contributed by atoms with van der Waals surface area (Å²) in [6.07, 6.45) is 14.1. The molecule has 5 rings (SSSR count). The monoisotopic (exact) mass is 233 g/mol. The first-order valence-corrected chi connectivity index (χ1v) is 8.04. The zero-order valence-corrected chi connectivity index (χ0v) is 11.2. The average Bonchev–Trinajstić information content (AvgIpc) is 2.77. The fraction of sp³-hybridized carbons (Fsp3) is 1.00. The Kier molecular flexibility index (Phi) is 2.54. The Hall–Kier alpha value is -0.0400. The summed E-state index contributed by atoms with van der Waals surface area (Å²) in [4.78, 5) is 2.73. The lowest BCUT2D eigenvalue weighted by Gasteiger charge is -2.57. The van der Waals surface area contributed by atoms with E-state index in [4.69, 9.17) is 0 Å². The summed E-state index contributed by atoms with van der Waals surface area (Å²) >= 11 is 0. The molecule has 1 heterocycles. The van der Waals surface area contributed by atoms with E-state index in [9.17, 15) is 0 Å². The molecule has 0 amide bonds. The van der Waals surface area contributed by atoms with Gasteiger partial charge in [-0.05, 0) is 101 Å². The smallest absolute Gasteiger partial charge is 0.00134 e. The Morgan fingerprint density at radius 3 is 1.88 bits per heavy atom. The van der Waals surface area contributed by atoms with Crippen LogP contribution in [-0.4, -0.2) is 24.5 Å². The van der Waals surface area contributed by atoms with Gasteiger partial charge in [0.05, 0.1) is 0 Å². The molecule has 1 saturated heterocycles. The second-order valence-corrected chi connectivity index (χ2v) is 7.72. The Bertz CT molecular complexity index is 255. The van der Waals surface area contributed by atoms with Crippen molar-refractivity contribution in [3.8, 4) is 0 Å². The average molecular weight is 233 g/mol. The zero-order chi connectivity index (χ0) is 11.3. The van der Waals surface area contributed by atoms with Gasteiger partial charge in [-0.1, -0.05) is 0 Å². The van der Waals surface area contributed by atoms with Crippen LogP contribution in [0.2, 0.25) is 0 Å². The second-order valence-electron chi connectivity index (χ2n) is 7.72. The summed E-state index contributed by atoms with van der Waals surface area (Å²) in [7, 11) is 0. The highest BCUT2D eigenvalue weighted by molar-refractivity contribution is 5.01. The minimum atomic E-state index is 0.817. The van der Waals surface area contributed by atoms with Crippen LogP contribution in [0, 0.1) is 23.2 Å². The SMILES string of the molecule is C1CCN(CCC23CC4CC(CC(C4)C2)C3)C1.